The van der Waals surface area contributed by atoms with Crippen LogP contribution in [-0.2, 0) is 20.7 Å². The Bertz CT molecular complexity index is 1080. The van der Waals surface area contributed by atoms with E-state index in [-0.39, 0.29) is 35.4 Å². The Kier molecular flexibility index (Phi) is 8.04. The largest absolute Gasteiger partial charge is 0.469 e. The van der Waals surface area contributed by atoms with Gasteiger partial charge in [-0.15, -0.1) is 0 Å². The molecule has 0 fully saturated rings. The fourth-order valence-electron chi connectivity index (χ4n) is 2.42. The quantitative estimate of drug-likeness (QED) is 0.274. The van der Waals surface area contributed by atoms with Gasteiger partial charge in [0.1, 0.15) is 6.61 Å². The number of esters is 1. The summed E-state index contributed by atoms with van der Waals surface area (Å²) in [7, 11) is 1.16. The fourth-order valence-corrected chi connectivity index (χ4v) is 2.42. The summed E-state index contributed by atoms with van der Waals surface area (Å²) in [6.45, 7) is 2.31. The van der Waals surface area contributed by atoms with Crippen LogP contribution in [0.4, 0.5) is 5.69 Å². The highest BCUT2D eigenvalue weighted by Crippen LogP contribution is 2.25. The standard InChI is InChI=1S/C10H10N2O6.C10H9NO3/c1-6(13)7-3-8(12(15)16)10(11-4-7)18-5-9(14)17-2;1-6(12)8-2-7-3-9(13)5-14-10(7)11-4-8/h3-4H,5H2,1-2H3;2,4H,3,5H2,1H3. The van der Waals surface area contributed by atoms with Crippen molar-refractivity contribution in [3.8, 4) is 11.8 Å². The normalized spacial score (nSPS) is 11.8. The molecule has 0 spiro atoms. The van der Waals surface area contributed by atoms with Gasteiger partial charge in [-0.2, -0.15) is 0 Å². The van der Waals surface area contributed by atoms with E-state index in [1.807, 2.05) is 0 Å². The molecule has 0 radical (unpaired) electrons. The Morgan fingerprint density at radius 3 is 2.34 bits per heavy atom. The van der Waals surface area contributed by atoms with Crippen LogP contribution in [0.1, 0.15) is 40.1 Å². The van der Waals surface area contributed by atoms with E-state index in [2.05, 4.69) is 14.7 Å². The Morgan fingerprint density at radius 1 is 1.12 bits per heavy atom. The number of nitro groups is 1. The van der Waals surface area contributed by atoms with E-state index in [0.29, 0.717) is 23.4 Å². The number of hydrogen-bond donors (Lipinski definition) is 0. The molecule has 0 N–H and O–H groups in total. The molecule has 12 heteroatoms. The lowest BCUT2D eigenvalue weighted by Gasteiger charge is -2.14. The zero-order valence-electron chi connectivity index (χ0n) is 17.4. The number of fused-ring (bicyclic) bond motifs is 1. The molecule has 12 nitrogen and oxygen atoms in total. The summed E-state index contributed by atoms with van der Waals surface area (Å²) in [4.78, 5) is 61.7. The number of rotatable bonds is 6. The van der Waals surface area contributed by atoms with Crippen LogP contribution in [0.5, 0.6) is 11.8 Å². The van der Waals surface area contributed by atoms with Gasteiger partial charge < -0.3 is 14.2 Å². The number of aromatic nitrogens is 2. The van der Waals surface area contributed by atoms with Crippen molar-refractivity contribution in [1.29, 1.82) is 0 Å². The monoisotopic (exact) mass is 445 g/mol. The molecule has 0 unspecified atom stereocenters. The van der Waals surface area contributed by atoms with Gasteiger partial charge in [-0.3, -0.25) is 24.5 Å². The van der Waals surface area contributed by atoms with E-state index < -0.39 is 23.2 Å². The SMILES string of the molecule is CC(=O)c1cnc2c(c1)CC(=O)CO2.COC(=O)COc1ncc(C(C)=O)cc1[N+](=O)[O-]. The van der Waals surface area contributed by atoms with Gasteiger partial charge in [-0.1, -0.05) is 0 Å². The second kappa shape index (κ2) is 10.7. The van der Waals surface area contributed by atoms with Gasteiger partial charge in [0.2, 0.25) is 5.88 Å². The summed E-state index contributed by atoms with van der Waals surface area (Å²) in [5.74, 6) is -0.963. The van der Waals surface area contributed by atoms with Crippen molar-refractivity contribution in [2.24, 2.45) is 0 Å². The summed E-state index contributed by atoms with van der Waals surface area (Å²) in [5, 5.41) is 10.8. The minimum absolute atomic E-state index is 0.0139. The van der Waals surface area contributed by atoms with E-state index in [1.54, 1.807) is 6.07 Å². The second-order valence-electron chi connectivity index (χ2n) is 6.47. The van der Waals surface area contributed by atoms with E-state index >= 15 is 0 Å². The number of carbonyl (C=O) groups is 4. The van der Waals surface area contributed by atoms with Crippen LogP contribution in [-0.4, -0.2) is 58.5 Å². The Balaban J connectivity index is 0.000000233. The minimum Gasteiger partial charge on any atom is -0.469 e. The van der Waals surface area contributed by atoms with Crippen LogP contribution in [0.3, 0.4) is 0 Å². The second-order valence-corrected chi connectivity index (χ2v) is 6.47. The third kappa shape index (κ3) is 6.39. The number of ketones is 3. The van der Waals surface area contributed by atoms with Crippen molar-refractivity contribution in [2.75, 3.05) is 20.3 Å². The van der Waals surface area contributed by atoms with Crippen molar-refractivity contribution in [3.05, 3.63) is 51.3 Å². The highest BCUT2D eigenvalue weighted by atomic mass is 16.6. The average molecular weight is 445 g/mol. The third-order valence-corrected chi connectivity index (χ3v) is 4.08. The highest BCUT2D eigenvalue weighted by Gasteiger charge is 2.20. The number of nitrogens with zero attached hydrogens (tertiary/aromatic N) is 3. The first-order valence-corrected chi connectivity index (χ1v) is 9.11. The van der Waals surface area contributed by atoms with Crippen LogP contribution < -0.4 is 9.47 Å². The maximum absolute atomic E-state index is 11.1. The number of ether oxygens (including phenoxy) is 3. The van der Waals surface area contributed by atoms with Gasteiger partial charge in [0, 0.05) is 41.6 Å². The van der Waals surface area contributed by atoms with Gasteiger partial charge in [0.15, 0.2) is 24.0 Å². The first-order chi connectivity index (χ1) is 15.1. The van der Waals surface area contributed by atoms with Crippen molar-refractivity contribution in [3.63, 3.8) is 0 Å². The molecule has 3 heterocycles. The lowest BCUT2D eigenvalue weighted by molar-refractivity contribution is -0.386. The molecule has 0 bridgehead atoms. The fraction of sp³-hybridized carbons (Fsp3) is 0.300. The Labute approximate surface area is 181 Å². The predicted molar refractivity (Wildman–Crippen MR) is 107 cm³/mol. The van der Waals surface area contributed by atoms with Gasteiger partial charge in [-0.25, -0.2) is 14.8 Å². The maximum atomic E-state index is 11.1. The highest BCUT2D eigenvalue weighted by molar-refractivity contribution is 5.95. The summed E-state index contributed by atoms with van der Waals surface area (Å²) in [6.07, 6.45) is 2.92. The molecule has 0 atom stereocenters. The molecule has 168 valence electrons. The summed E-state index contributed by atoms with van der Waals surface area (Å²) < 4.78 is 14.3. The number of methoxy groups -OCH3 is 1. The van der Waals surface area contributed by atoms with Crippen LogP contribution in [0, 0.1) is 10.1 Å². The summed E-state index contributed by atoms with van der Waals surface area (Å²) in [6, 6.07) is 2.71. The molecule has 3 rings (SSSR count). The number of Topliss-reactive ketones (excluding diaryl/α,β-unsaturated/α-hetero) is 3. The zero-order chi connectivity index (χ0) is 23.8. The molecule has 2 aromatic rings. The average Bonchev–Trinajstić information content (AvgIpc) is 2.76. The van der Waals surface area contributed by atoms with E-state index in [0.717, 1.165) is 19.4 Å². The Hall–Kier alpha value is -4.22. The topological polar surface area (TPSA) is 165 Å². The van der Waals surface area contributed by atoms with Gasteiger partial charge in [-0.05, 0) is 19.9 Å². The molecular weight excluding hydrogens is 426 g/mol. The van der Waals surface area contributed by atoms with Gasteiger partial charge in [0.05, 0.1) is 12.0 Å². The van der Waals surface area contributed by atoms with Crippen LogP contribution in [0.25, 0.3) is 0 Å². The predicted octanol–water partition coefficient (Wildman–Crippen LogP) is 1.53. The molecule has 0 aliphatic carbocycles. The molecule has 0 saturated carbocycles. The third-order valence-electron chi connectivity index (χ3n) is 4.08. The lowest BCUT2D eigenvalue weighted by Crippen LogP contribution is -2.21. The molecule has 0 aromatic carbocycles. The van der Waals surface area contributed by atoms with Crippen LogP contribution in [0.2, 0.25) is 0 Å². The first-order valence-electron chi connectivity index (χ1n) is 9.11. The van der Waals surface area contributed by atoms with Crippen molar-refractivity contribution in [2.45, 2.75) is 20.3 Å². The van der Waals surface area contributed by atoms with Gasteiger partial charge >= 0.3 is 11.7 Å². The van der Waals surface area contributed by atoms with Crippen molar-refractivity contribution >= 4 is 29.0 Å². The van der Waals surface area contributed by atoms with E-state index in [9.17, 15) is 29.3 Å². The molecule has 1 aliphatic heterocycles. The minimum atomic E-state index is -0.744. The van der Waals surface area contributed by atoms with Crippen LogP contribution >= 0.6 is 0 Å². The smallest absolute Gasteiger partial charge is 0.343 e. The molecular formula is C20H19N3O9. The first kappa shape index (κ1) is 24.1. The van der Waals surface area contributed by atoms with E-state index in [4.69, 9.17) is 9.47 Å². The zero-order valence-corrected chi connectivity index (χ0v) is 17.4. The van der Waals surface area contributed by atoms with Crippen LogP contribution in [0.15, 0.2) is 24.5 Å². The Morgan fingerprint density at radius 2 is 1.75 bits per heavy atom. The maximum Gasteiger partial charge on any atom is 0.343 e. The summed E-state index contributed by atoms with van der Waals surface area (Å²) in [5.41, 5.74) is 0.828. The molecule has 0 saturated heterocycles. The van der Waals surface area contributed by atoms with Gasteiger partial charge in [0.25, 0.3) is 5.88 Å². The number of hydrogen-bond acceptors (Lipinski definition) is 11. The number of pyridine rings is 2. The molecule has 0 amide bonds. The molecule has 1 aliphatic rings. The summed E-state index contributed by atoms with van der Waals surface area (Å²) >= 11 is 0. The van der Waals surface area contributed by atoms with Crippen molar-refractivity contribution in [1.82, 2.24) is 9.97 Å². The lowest BCUT2D eigenvalue weighted by atomic mass is 10.1. The van der Waals surface area contributed by atoms with Crippen molar-refractivity contribution < 1.29 is 38.3 Å². The van der Waals surface area contributed by atoms with E-state index in [1.165, 1.54) is 20.0 Å². The molecule has 2 aromatic heterocycles. The molecule has 32 heavy (non-hydrogen) atoms. The number of carbonyl (C=O) groups excluding carboxylic acids is 4.